The highest BCUT2D eigenvalue weighted by Gasteiger charge is 2.18. The first-order valence-corrected chi connectivity index (χ1v) is 15.3. The molecule has 0 aliphatic heterocycles. The van der Waals surface area contributed by atoms with E-state index < -0.39 is 0 Å². The number of carbonyl (C=O) groups is 2. The average molecular weight is 497 g/mol. The van der Waals surface area contributed by atoms with Gasteiger partial charge in [0.05, 0.1) is 13.2 Å². The molecule has 0 spiro atoms. The molecule has 35 heavy (non-hydrogen) atoms. The minimum Gasteiger partial charge on any atom is -0.466 e. The third kappa shape index (κ3) is 24.4. The normalized spacial score (nSPS) is 12.1. The average Bonchev–Trinajstić information content (AvgIpc) is 2.83. The van der Waals surface area contributed by atoms with E-state index in [1.807, 2.05) is 0 Å². The fourth-order valence-electron chi connectivity index (χ4n) is 4.54. The lowest BCUT2D eigenvalue weighted by atomic mass is 9.87. The lowest BCUT2D eigenvalue weighted by Gasteiger charge is -2.20. The van der Waals surface area contributed by atoms with Crippen LogP contribution >= 0.6 is 0 Å². The molecule has 0 rings (SSSR count). The van der Waals surface area contributed by atoms with Gasteiger partial charge in [-0.05, 0) is 37.5 Å². The molecule has 0 aliphatic rings. The molecule has 0 aromatic heterocycles. The molecule has 208 valence electrons. The Bertz CT molecular complexity index is 475. The number of esters is 2. The van der Waals surface area contributed by atoms with Crippen LogP contribution in [0.2, 0.25) is 0 Å². The van der Waals surface area contributed by atoms with Gasteiger partial charge in [0.2, 0.25) is 0 Å². The summed E-state index contributed by atoms with van der Waals surface area (Å²) in [6, 6.07) is 0. The number of ether oxygens (including phenoxy) is 2. The van der Waals surface area contributed by atoms with Crippen LogP contribution < -0.4 is 0 Å². The van der Waals surface area contributed by atoms with Crippen LogP contribution in [0.25, 0.3) is 0 Å². The van der Waals surface area contributed by atoms with Gasteiger partial charge in [-0.2, -0.15) is 0 Å². The smallest absolute Gasteiger partial charge is 0.306 e. The first kappa shape index (κ1) is 33.9. The molecular formula is C31H60O4. The van der Waals surface area contributed by atoms with Crippen LogP contribution in [0.1, 0.15) is 163 Å². The zero-order valence-electron chi connectivity index (χ0n) is 24.1. The van der Waals surface area contributed by atoms with Crippen molar-refractivity contribution in [1.29, 1.82) is 0 Å². The Balaban J connectivity index is 3.48. The van der Waals surface area contributed by atoms with Crippen LogP contribution in [0.5, 0.6) is 0 Å². The van der Waals surface area contributed by atoms with Crippen LogP contribution in [-0.2, 0) is 19.1 Å². The van der Waals surface area contributed by atoms with Gasteiger partial charge >= 0.3 is 11.9 Å². The highest BCUT2D eigenvalue weighted by Crippen LogP contribution is 2.23. The van der Waals surface area contributed by atoms with Gasteiger partial charge in [0, 0.05) is 12.8 Å². The summed E-state index contributed by atoms with van der Waals surface area (Å²) in [4.78, 5) is 23.7. The predicted octanol–water partition coefficient (Wildman–Crippen LogP) is 9.58. The largest absolute Gasteiger partial charge is 0.466 e. The molecule has 0 bridgehead atoms. The molecule has 4 nitrogen and oxygen atoms in total. The molecule has 0 heterocycles. The van der Waals surface area contributed by atoms with Crippen molar-refractivity contribution in [1.82, 2.24) is 0 Å². The van der Waals surface area contributed by atoms with Crippen LogP contribution in [0.15, 0.2) is 0 Å². The fraction of sp³-hybridized carbons (Fsp3) is 0.935. The number of carbonyl (C=O) groups excluding carboxylic acids is 2. The predicted molar refractivity (Wildman–Crippen MR) is 149 cm³/mol. The van der Waals surface area contributed by atoms with E-state index in [-0.39, 0.29) is 11.9 Å². The summed E-state index contributed by atoms with van der Waals surface area (Å²) >= 11 is 0. The lowest BCUT2D eigenvalue weighted by molar-refractivity contribution is -0.145. The SMILES string of the molecule is CCCCCOC(=O)CCCCCCCCCCCCCCC(CC(=O)OCCCCC)C(C)C. The summed E-state index contributed by atoms with van der Waals surface area (Å²) in [5.74, 6) is 0.994. The lowest BCUT2D eigenvalue weighted by Crippen LogP contribution is -2.17. The molecule has 0 fully saturated rings. The molecule has 0 aromatic carbocycles. The first-order valence-electron chi connectivity index (χ1n) is 15.3. The van der Waals surface area contributed by atoms with Crippen molar-refractivity contribution >= 4 is 11.9 Å². The Labute approximate surface area is 218 Å². The Morgan fingerprint density at radius 3 is 1.43 bits per heavy atom. The molecular weight excluding hydrogens is 436 g/mol. The summed E-state index contributed by atoms with van der Waals surface area (Å²) < 4.78 is 10.7. The quantitative estimate of drug-likeness (QED) is 0.0883. The van der Waals surface area contributed by atoms with E-state index in [1.54, 1.807) is 0 Å². The van der Waals surface area contributed by atoms with Gasteiger partial charge in [-0.3, -0.25) is 9.59 Å². The standard InChI is InChI=1S/C31H60O4/c1-5-7-21-25-34-30(32)24-20-18-16-14-12-10-9-11-13-15-17-19-23-29(28(3)4)27-31(33)35-26-22-8-6-2/h28-29H,5-27H2,1-4H3. The number of rotatable bonds is 26. The van der Waals surface area contributed by atoms with Crippen molar-refractivity contribution < 1.29 is 19.1 Å². The van der Waals surface area contributed by atoms with E-state index in [4.69, 9.17) is 9.47 Å². The second-order valence-corrected chi connectivity index (χ2v) is 10.8. The zero-order chi connectivity index (χ0) is 26.0. The summed E-state index contributed by atoms with van der Waals surface area (Å²) in [6.45, 7) is 9.98. The molecule has 1 atom stereocenters. The van der Waals surface area contributed by atoms with E-state index in [1.165, 1.54) is 64.2 Å². The highest BCUT2D eigenvalue weighted by atomic mass is 16.5. The van der Waals surface area contributed by atoms with Gasteiger partial charge < -0.3 is 9.47 Å². The van der Waals surface area contributed by atoms with Crippen molar-refractivity contribution in [2.45, 2.75) is 163 Å². The Morgan fingerprint density at radius 1 is 0.543 bits per heavy atom. The summed E-state index contributed by atoms with van der Waals surface area (Å²) in [5, 5.41) is 0. The van der Waals surface area contributed by atoms with Gasteiger partial charge in [-0.25, -0.2) is 0 Å². The van der Waals surface area contributed by atoms with Crippen molar-refractivity contribution in [3.63, 3.8) is 0 Å². The van der Waals surface area contributed by atoms with E-state index in [2.05, 4.69) is 27.7 Å². The van der Waals surface area contributed by atoms with Crippen LogP contribution in [0.3, 0.4) is 0 Å². The first-order chi connectivity index (χ1) is 17.0. The maximum absolute atomic E-state index is 12.1. The summed E-state index contributed by atoms with van der Waals surface area (Å²) in [5.41, 5.74) is 0. The molecule has 0 aliphatic carbocycles. The van der Waals surface area contributed by atoms with Crippen molar-refractivity contribution in [2.75, 3.05) is 13.2 Å². The third-order valence-electron chi connectivity index (χ3n) is 7.10. The number of hydrogen-bond acceptors (Lipinski definition) is 4. The van der Waals surface area contributed by atoms with Crippen LogP contribution in [0.4, 0.5) is 0 Å². The van der Waals surface area contributed by atoms with Crippen molar-refractivity contribution in [2.24, 2.45) is 11.8 Å². The summed E-state index contributed by atoms with van der Waals surface area (Å²) in [6.07, 6.45) is 24.1. The minimum atomic E-state index is -0.0128. The van der Waals surface area contributed by atoms with Gasteiger partial charge in [-0.1, -0.05) is 124 Å². The van der Waals surface area contributed by atoms with Gasteiger partial charge in [0.25, 0.3) is 0 Å². The highest BCUT2D eigenvalue weighted by molar-refractivity contribution is 5.69. The number of unbranched alkanes of at least 4 members (excludes halogenated alkanes) is 15. The molecule has 0 saturated carbocycles. The van der Waals surface area contributed by atoms with E-state index in [9.17, 15) is 9.59 Å². The second kappa shape index (κ2) is 26.0. The molecule has 0 radical (unpaired) electrons. The van der Waals surface area contributed by atoms with Crippen molar-refractivity contribution in [3.05, 3.63) is 0 Å². The maximum Gasteiger partial charge on any atom is 0.306 e. The third-order valence-corrected chi connectivity index (χ3v) is 7.10. The topological polar surface area (TPSA) is 52.6 Å². The maximum atomic E-state index is 12.1. The molecule has 0 amide bonds. The van der Waals surface area contributed by atoms with E-state index >= 15 is 0 Å². The second-order valence-electron chi connectivity index (χ2n) is 10.8. The Kier molecular flexibility index (Phi) is 25.2. The monoisotopic (exact) mass is 496 g/mol. The zero-order valence-corrected chi connectivity index (χ0v) is 24.1. The van der Waals surface area contributed by atoms with Crippen LogP contribution in [-0.4, -0.2) is 25.2 Å². The molecule has 4 heteroatoms. The molecule has 0 saturated heterocycles. The van der Waals surface area contributed by atoms with Crippen molar-refractivity contribution in [3.8, 4) is 0 Å². The summed E-state index contributed by atoms with van der Waals surface area (Å²) in [7, 11) is 0. The van der Waals surface area contributed by atoms with E-state index in [0.29, 0.717) is 37.9 Å². The van der Waals surface area contributed by atoms with Gasteiger partial charge in [-0.15, -0.1) is 0 Å². The van der Waals surface area contributed by atoms with Gasteiger partial charge in [0.15, 0.2) is 0 Å². The minimum absolute atomic E-state index is 0.000105. The van der Waals surface area contributed by atoms with Crippen LogP contribution in [0, 0.1) is 11.8 Å². The molecule has 1 unspecified atom stereocenters. The Hall–Kier alpha value is -1.06. The molecule has 0 aromatic rings. The fourth-order valence-corrected chi connectivity index (χ4v) is 4.54. The van der Waals surface area contributed by atoms with E-state index in [0.717, 1.165) is 57.8 Å². The van der Waals surface area contributed by atoms with Gasteiger partial charge in [0.1, 0.15) is 0 Å². The molecule has 0 N–H and O–H groups in total. The number of hydrogen-bond donors (Lipinski definition) is 0. The Morgan fingerprint density at radius 2 is 0.971 bits per heavy atom.